The van der Waals surface area contributed by atoms with Crippen LogP contribution in [0.4, 0.5) is 11.4 Å². The summed E-state index contributed by atoms with van der Waals surface area (Å²) in [7, 11) is -3.64. The van der Waals surface area contributed by atoms with Gasteiger partial charge in [0.2, 0.25) is 15.9 Å². The number of amides is 1. The summed E-state index contributed by atoms with van der Waals surface area (Å²) in [6, 6.07) is 12.7. The quantitative estimate of drug-likeness (QED) is 0.485. The van der Waals surface area contributed by atoms with E-state index in [9.17, 15) is 13.2 Å². The van der Waals surface area contributed by atoms with Crippen LogP contribution in [0.3, 0.4) is 0 Å². The summed E-state index contributed by atoms with van der Waals surface area (Å²) >= 11 is 0. The normalized spacial score (nSPS) is 14.3. The molecule has 0 saturated carbocycles. The van der Waals surface area contributed by atoms with Crippen molar-refractivity contribution in [3.63, 3.8) is 0 Å². The minimum Gasteiger partial charge on any atom is -0.494 e. The maximum Gasteiger partial charge on any atom is 0.243 e. The molecule has 1 fully saturated rings. The molecule has 2 aromatic carbocycles. The fraction of sp³-hybridized carbons (Fsp3) is 0.480. The Morgan fingerprint density at radius 2 is 1.76 bits per heavy atom. The SMILES string of the molecule is CCN(CC)S(=O)(=O)c1ccc(N2CCOCC2)c(NC(=O)CCCOc2ccc(C)cc2)c1. The molecule has 8 nitrogen and oxygen atoms in total. The molecule has 1 amide bonds. The zero-order valence-electron chi connectivity index (χ0n) is 20.2. The predicted octanol–water partition coefficient (Wildman–Crippen LogP) is 3.66. The van der Waals surface area contributed by atoms with Crippen LogP contribution in [-0.4, -0.2) is 64.6 Å². The highest BCUT2D eigenvalue weighted by atomic mass is 32.2. The van der Waals surface area contributed by atoms with Crippen molar-refractivity contribution in [3.8, 4) is 5.75 Å². The van der Waals surface area contributed by atoms with Gasteiger partial charge in [-0.2, -0.15) is 4.31 Å². The second-order valence-corrected chi connectivity index (χ2v) is 10.1. The van der Waals surface area contributed by atoms with E-state index in [-0.39, 0.29) is 17.2 Å². The number of morpholine rings is 1. The van der Waals surface area contributed by atoms with Gasteiger partial charge in [0.15, 0.2) is 0 Å². The molecule has 1 heterocycles. The number of nitrogens with zero attached hydrogens (tertiary/aromatic N) is 2. The van der Waals surface area contributed by atoms with Crippen LogP contribution in [0.5, 0.6) is 5.75 Å². The van der Waals surface area contributed by atoms with Gasteiger partial charge in [-0.3, -0.25) is 4.79 Å². The average Bonchev–Trinajstić information content (AvgIpc) is 2.84. The Morgan fingerprint density at radius 1 is 1.09 bits per heavy atom. The van der Waals surface area contributed by atoms with E-state index in [0.29, 0.717) is 58.1 Å². The number of hydrogen-bond acceptors (Lipinski definition) is 6. The molecular formula is C25H35N3O5S. The first kappa shape index (κ1) is 26.0. The van der Waals surface area contributed by atoms with E-state index in [1.54, 1.807) is 18.2 Å². The molecular weight excluding hydrogens is 454 g/mol. The fourth-order valence-electron chi connectivity index (χ4n) is 3.84. The first-order valence-corrected chi connectivity index (χ1v) is 13.3. The van der Waals surface area contributed by atoms with E-state index in [1.807, 2.05) is 45.0 Å². The number of carbonyl (C=O) groups excluding carboxylic acids is 1. The molecule has 0 radical (unpaired) electrons. The minimum atomic E-state index is -3.64. The van der Waals surface area contributed by atoms with Gasteiger partial charge in [-0.15, -0.1) is 0 Å². The van der Waals surface area contributed by atoms with Gasteiger partial charge < -0.3 is 19.7 Å². The molecule has 9 heteroatoms. The molecule has 3 rings (SSSR count). The molecule has 0 unspecified atom stereocenters. The highest BCUT2D eigenvalue weighted by Gasteiger charge is 2.24. The molecule has 0 aliphatic carbocycles. The molecule has 0 bridgehead atoms. The van der Waals surface area contributed by atoms with Crippen molar-refractivity contribution in [2.45, 2.75) is 38.5 Å². The summed E-state index contributed by atoms with van der Waals surface area (Å²) in [6.45, 7) is 9.34. The zero-order valence-corrected chi connectivity index (χ0v) is 21.1. The van der Waals surface area contributed by atoms with Crippen molar-refractivity contribution < 1.29 is 22.7 Å². The van der Waals surface area contributed by atoms with Crippen LogP contribution in [0.15, 0.2) is 47.4 Å². The van der Waals surface area contributed by atoms with Gasteiger partial charge in [-0.1, -0.05) is 31.5 Å². The first-order chi connectivity index (χ1) is 16.3. The van der Waals surface area contributed by atoms with Crippen LogP contribution in [0.1, 0.15) is 32.3 Å². The Labute approximate surface area is 202 Å². The van der Waals surface area contributed by atoms with Crippen LogP contribution >= 0.6 is 0 Å². The third-order valence-corrected chi connectivity index (χ3v) is 7.82. The summed E-state index contributed by atoms with van der Waals surface area (Å²) in [5.74, 6) is 0.592. The molecule has 0 spiro atoms. The van der Waals surface area contributed by atoms with Gasteiger partial charge in [0.1, 0.15) is 5.75 Å². The Hall–Kier alpha value is -2.62. The lowest BCUT2D eigenvalue weighted by molar-refractivity contribution is -0.116. The predicted molar refractivity (Wildman–Crippen MR) is 134 cm³/mol. The largest absolute Gasteiger partial charge is 0.494 e. The van der Waals surface area contributed by atoms with Gasteiger partial charge in [-0.25, -0.2) is 8.42 Å². The number of rotatable bonds is 11. The standard InChI is InChI=1S/C25H35N3O5S/c1-4-28(5-2)34(30,31)22-12-13-24(27-14-17-32-18-15-27)23(19-22)26-25(29)7-6-16-33-21-10-8-20(3)9-11-21/h8-13,19H,4-7,14-18H2,1-3H3,(H,26,29). The second-order valence-electron chi connectivity index (χ2n) is 8.18. The number of anilines is 2. The Balaban J connectivity index is 1.71. The van der Waals surface area contributed by atoms with Gasteiger partial charge in [0.25, 0.3) is 0 Å². The summed E-state index contributed by atoms with van der Waals surface area (Å²) in [4.78, 5) is 15.0. The van der Waals surface area contributed by atoms with Gasteiger partial charge in [-0.05, 0) is 43.7 Å². The Kier molecular flexibility index (Phi) is 9.32. The lowest BCUT2D eigenvalue weighted by atomic mass is 10.2. The van der Waals surface area contributed by atoms with Gasteiger partial charge in [0, 0.05) is 32.6 Å². The molecule has 0 atom stereocenters. The average molecular weight is 490 g/mol. The lowest BCUT2D eigenvalue weighted by Gasteiger charge is -2.31. The maximum atomic E-state index is 13.0. The Morgan fingerprint density at radius 3 is 2.41 bits per heavy atom. The number of benzene rings is 2. The molecule has 186 valence electrons. The highest BCUT2D eigenvalue weighted by Crippen LogP contribution is 2.31. The topological polar surface area (TPSA) is 88.2 Å². The van der Waals surface area contributed by atoms with E-state index < -0.39 is 10.0 Å². The molecule has 1 N–H and O–H groups in total. The number of aryl methyl sites for hydroxylation is 1. The second kappa shape index (κ2) is 12.2. The number of carbonyl (C=O) groups is 1. The van der Waals surface area contributed by atoms with Crippen molar-refractivity contribution in [1.29, 1.82) is 0 Å². The van der Waals surface area contributed by atoms with Crippen LogP contribution in [0.2, 0.25) is 0 Å². The van der Waals surface area contributed by atoms with Crippen molar-refractivity contribution in [2.24, 2.45) is 0 Å². The Bertz CT molecular complexity index is 1050. The maximum absolute atomic E-state index is 13.0. The minimum absolute atomic E-state index is 0.172. The van der Waals surface area contributed by atoms with Crippen LogP contribution < -0.4 is 15.0 Å². The van der Waals surface area contributed by atoms with Crippen LogP contribution in [-0.2, 0) is 19.6 Å². The van der Waals surface area contributed by atoms with Crippen molar-refractivity contribution in [1.82, 2.24) is 4.31 Å². The summed E-state index contributed by atoms with van der Waals surface area (Å²) in [6.07, 6.45) is 0.811. The number of nitrogens with one attached hydrogen (secondary N) is 1. The number of ether oxygens (including phenoxy) is 2. The van der Waals surface area contributed by atoms with E-state index in [1.165, 1.54) is 4.31 Å². The smallest absolute Gasteiger partial charge is 0.243 e. The van der Waals surface area contributed by atoms with Crippen LogP contribution in [0, 0.1) is 6.92 Å². The highest BCUT2D eigenvalue weighted by molar-refractivity contribution is 7.89. The third-order valence-electron chi connectivity index (χ3n) is 5.77. The molecule has 1 saturated heterocycles. The first-order valence-electron chi connectivity index (χ1n) is 11.8. The summed E-state index contributed by atoms with van der Waals surface area (Å²) in [5.41, 5.74) is 2.46. The van der Waals surface area contributed by atoms with Crippen molar-refractivity contribution in [3.05, 3.63) is 48.0 Å². The summed E-state index contributed by atoms with van der Waals surface area (Å²) in [5, 5.41) is 2.94. The van der Waals surface area contributed by atoms with E-state index in [4.69, 9.17) is 9.47 Å². The van der Waals surface area contributed by atoms with Gasteiger partial charge >= 0.3 is 0 Å². The number of sulfonamides is 1. The molecule has 0 aromatic heterocycles. The third kappa shape index (κ3) is 6.71. The monoisotopic (exact) mass is 489 g/mol. The van der Waals surface area contributed by atoms with Crippen molar-refractivity contribution >= 4 is 27.3 Å². The molecule has 1 aliphatic heterocycles. The van der Waals surface area contributed by atoms with E-state index in [0.717, 1.165) is 17.0 Å². The zero-order chi connectivity index (χ0) is 24.6. The van der Waals surface area contributed by atoms with E-state index in [2.05, 4.69) is 10.2 Å². The fourth-order valence-corrected chi connectivity index (χ4v) is 5.32. The lowest BCUT2D eigenvalue weighted by Crippen LogP contribution is -2.37. The van der Waals surface area contributed by atoms with Crippen LogP contribution in [0.25, 0.3) is 0 Å². The van der Waals surface area contributed by atoms with E-state index >= 15 is 0 Å². The molecule has 1 aliphatic rings. The van der Waals surface area contributed by atoms with Crippen molar-refractivity contribution in [2.75, 3.05) is 56.2 Å². The molecule has 2 aromatic rings. The number of hydrogen-bond donors (Lipinski definition) is 1. The summed E-state index contributed by atoms with van der Waals surface area (Å²) < 4.78 is 38.7. The van der Waals surface area contributed by atoms with Gasteiger partial charge in [0.05, 0.1) is 36.1 Å². The molecule has 34 heavy (non-hydrogen) atoms.